The number of aliphatic carboxylic acids is 2. The minimum atomic E-state index is -0.661. The molecule has 0 radical (unpaired) electrons. The van der Waals surface area contributed by atoms with Gasteiger partial charge in [0.05, 0.1) is 10.8 Å². The molecular weight excluding hydrogens is 328 g/mol. The van der Waals surface area contributed by atoms with Crippen molar-refractivity contribution in [3.05, 3.63) is 0 Å². The third kappa shape index (κ3) is 9.59. The first kappa shape index (κ1) is 24.9. The molecule has 0 aromatic rings. The first-order valence-corrected chi connectivity index (χ1v) is 10.7. The zero-order valence-corrected chi connectivity index (χ0v) is 17.6. The van der Waals surface area contributed by atoms with Crippen molar-refractivity contribution in [1.82, 2.24) is 0 Å². The Bertz CT molecular complexity index is 369. The highest BCUT2D eigenvalue weighted by molar-refractivity contribution is 5.74. The molecule has 154 valence electrons. The van der Waals surface area contributed by atoms with E-state index in [-0.39, 0.29) is 0 Å². The summed E-state index contributed by atoms with van der Waals surface area (Å²) in [5.41, 5.74) is -1.14. The molecule has 4 heteroatoms. The monoisotopic (exact) mass is 370 g/mol. The van der Waals surface area contributed by atoms with Crippen molar-refractivity contribution >= 4 is 11.9 Å². The van der Waals surface area contributed by atoms with Gasteiger partial charge in [0.1, 0.15) is 0 Å². The Morgan fingerprint density at radius 3 is 1.12 bits per heavy atom. The molecular formula is C22H42O4. The van der Waals surface area contributed by atoms with E-state index in [1.807, 2.05) is 13.8 Å². The molecule has 0 saturated heterocycles. The second-order valence-electron chi connectivity index (χ2n) is 8.56. The standard InChI is InChI=1S/C22H42O4/c1-5-7-15-21(3,19(23)24)17-13-11-9-10-12-14-18-22(4,20(25)26)16-8-6-2/h5-18H2,1-4H3,(H,23,24)(H,25,26). The summed E-state index contributed by atoms with van der Waals surface area (Å²) in [7, 11) is 0. The number of rotatable bonds is 17. The lowest BCUT2D eigenvalue weighted by molar-refractivity contribution is -0.149. The van der Waals surface area contributed by atoms with Gasteiger partial charge in [-0.3, -0.25) is 9.59 Å². The quantitative estimate of drug-likeness (QED) is 0.280. The Labute approximate surface area is 160 Å². The molecule has 0 saturated carbocycles. The first-order chi connectivity index (χ1) is 12.2. The highest BCUT2D eigenvalue weighted by Gasteiger charge is 2.32. The van der Waals surface area contributed by atoms with Gasteiger partial charge >= 0.3 is 11.9 Å². The van der Waals surface area contributed by atoms with Gasteiger partial charge in [0.2, 0.25) is 0 Å². The van der Waals surface area contributed by atoms with E-state index in [2.05, 4.69) is 13.8 Å². The van der Waals surface area contributed by atoms with Gasteiger partial charge in [0.25, 0.3) is 0 Å². The van der Waals surface area contributed by atoms with Gasteiger partial charge in [-0.1, -0.05) is 78.1 Å². The van der Waals surface area contributed by atoms with Gasteiger partial charge in [-0.25, -0.2) is 0 Å². The van der Waals surface area contributed by atoms with E-state index < -0.39 is 22.8 Å². The number of carboxylic acid groups (broad SMARTS) is 2. The Morgan fingerprint density at radius 1 is 0.577 bits per heavy atom. The SMILES string of the molecule is CCCCC(C)(CCCCCCCCC(C)(CCCC)C(=O)O)C(=O)O. The highest BCUT2D eigenvalue weighted by Crippen LogP contribution is 2.32. The third-order valence-electron chi connectivity index (χ3n) is 5.90. The largest absolute Gasteiger partial charge is 0.481 e. The van der Waals surface area contributed by atoms with Gasteiger partial charge in [-0.05, 0) is 39.5 Å². The molecule has 0 fully saturated rings. The summed E-state index contributed by atoms with van der Waals surface area (Å²) in [4.78, 5) is 23.0. The molecule has 0 amide bonds. The van der Waals surface area contributed by atoms with Crippen LogP contribution in [-0.2, 0) is 9.59 Å². The zero-order valence-electron chi connectivity index (χ0n) is 17.6. The molecule has 26 heavy (non-hydrogen) atoms. The van der Waals surface area contributed by atoms with Crippen molar-refractivity contribution in [2.75, 3.05) is 0 Å². The predicted octanol–water partition coefficient (Wildman–Crippen LogP) is 6.67. The summed E-state index contributed by atoms with van der Waals surface area (Å²) in [6.45, 7) is 7.96. The molecule has 2 N–H and O–H groups in total. The normalized spacial score (nSPS) is 16.0. The first-order valence-electron chi connectivity index (χ1n) is 10.7. The molecule has 2 atom stereocenters. The van der Waals surface area contributed by atoms with E-state index in [1.54, 1.807) is 0 Å². The van der Waals surface area contributed by atoms with Gasteiger partial charge in [0.15, 0.2) is 0 Å². The number of hydrogen-bond donors (Lipinski definition) is 2. The lowest BCUT2D eigenvalue weighted by Gasteiger charge is -2.25. The van der Waals surface area contributed by atoms with Crippen LogP contribution in [0.15, 0.2) is 0 Å². The number of carboxylic acids is 2. The van der Waals surface area contributed by atoms with Crippen LogP contribution in [0.2, 0.25) is 0 Å². The summed E-state index contributed by atoms with van der Waals surface area (Å²) in [6.07, 6.45) is 13.4. The molecule has 0 aliphatic rings. The maximum Gasteiger partial charge on any atom is 0.309 e. The van der Waals surface area contributed by atoms with Crippen molar-refractivity contribution in [2.45, 2.75) is 118 Å². The molecule has 0 rings (SSSR count). The number of carbonyl (C=O) groups is 2. The fraction of sp³-hybridized carbons (Fsp3) is 0.909. The van der Waals surface area contributed by atoms with Crippen LogP contribution in [0.1, 0.15) is 118 Å². The van der Waals surface area contributed by atoms with Crippen LogP contribution in [0.4, 0.5) is 0 Å². The Morgan fingerprint density at radius 2 is 0.846 bits per heavy atom. The van der Waals surface area contributed by atoms with E-state index in [4.69, 9.17) is 0 Å². The van der Waals surface area contributed by atoms with Gasteiger partial charge < -0.3 is 10.2 Å². The fourth-order valence-corrected chi connectivity index (χ4v) is 3.55. The Hall–Kier alpha value is -1.06. The lowest BCUT2D eigenvalue weighted by atomic mass is 9.79. The third-order valence-corrected chi connectivity index (χ3v) is 5.90. The average Bonchev–Trinajstić information content (AvgIpc) is 2.60. The second-order valence-corrected chi connectivity index (χ2v) is 8.56. The summed E-state index contributed by atoms with van der Waals surface area (Å²) in [5.74, 6) is -1.32. The maximum atomic E-state index is 11.5. The summed E-state index contributed by atoms with van der Waals surface area (Å²) in [6, 6.07) is 0. The molecule has 0 spiro atoms. The van der Waals surface area contributed by atoms with Crippen LogP contribution < -0.4 is 0 Å². The topological polar surface area (TPSA) is 74.6 Å². The number of unbranched alkanes of at least 4 members (excludes halogenated alkanes) is 7. The maximum absolute atomic E-state index is 11.5. The molecule has 4 nitrogen and oxygen atoms in total. The summed E-state index contributed by atoms with van der Waals surface area (Å²) < 4.78 is 0. The highest BCUT2D eigenvalue weighted by atomic mass is 16.4. The smallest absolute Gasteiger partial charge is 0.309 e. The van der Waals surface area contributed by atoms with E-state index in [9.17, 15) is 19.8 Å². The molecule has 0 aliphatic heterocycles. The number of hydrogen-bond acceptors (Lipinski definition) is 2. The van der Waals surface area contributed by atoms with Crippen LogP contribution in [-0.4, -0.2) is 22.2 Å². The van der Waals surface area contributed by atoms with Crippen LogP contribution in [0.5, 0.6) is 0 Å². The Kier molecular flexibility index (Phi) is 12.6. The zero-order chi connectivity index (χ0) is 20.1. The van der Waals surface area contributed by atoms with Crippen molar-refractivity contribution in [3.63, 3.8) is 0 Å². The van der Waals surface area contributed by atoms with Crippen molar-refractivity contribution in [2.24, 2.45) is 10.8 Å². The molecule has 0 aromatic heterocycles. The second kappa shape index (κ2) is 13.2. The average molecular weight is 371 g/mol. The molecule has 0 bridgehead atoms. The van der Waals surface area contributed by atoms with E-state index in [0.717, 1.165) is 89.9 Å². The lowest BCUT2D eigenvalue weighted by Crippen LogP contribution is -2.27. The van der Waals surface area contributed by atoms with Crippen molar-refractivity contribution < 1.29 is 19.8 Å². The predicted molar refractivity (Wildman–Crippen MR) is 107 cm³/mol. The van der Waals surface area contributed by atoms with E-state index in [0.29, 0.717) is 0 Å². The Balaban J connectivity index is 3.96. The molecule has 0 aliphatic carbocycles. The van der Waals surface area contributed by atoms with Crippen LogP contribution >= 0.6 is 0 Å². The summed E-state index contributed by atoms with van der Waals surface area (Å²) >= 11 is 0. The molecule has 0 heterocycles. The van der Waals surface area contributed by atoms with E-state index in [1.165, 1.54) is 0 Å². The van der Waals surface area contributed by atoms with Crippen molar-refractivity contribution in [1.29, 1.82) is 0 Å². The molecule has 2 unspecified atom stereocenters. The minimum absolute atomic E-state index is 0.571. The van der Waals surface area contributed by atoms with E-state index >= 15 is 0 Å². The minimum Gasteiger partial charge on any atom is -0.481 e. The summed E-state index contributed by atoms with van der Waals surface area (Å²) in [5, 5.41) is 18.9. The van der Waals surface area contributed by atoms with Gasteiger partial charge in [-0.15, -0.1) is 0 Å². The van der Waals surface area contributed by atoms with Gasteiger partial charge in [0, 0.05) is 0 Å². The van der Waals surface area contributed by atoms with Gasteiger partial charge in [-0.2, -0.15) is 0 Å². The molecule has 0 aromatic carbocycles. The van der Waals surface area contributed by atoms with Crippen LogP contribution in [0.3, 0.4) is 0 Å². The van der Waals surface area contributed by atoms with Crippen molar-refractivity contribution in [3.8, 4) is 0 Å². The fourth-order valence-electron chi connectivity index (χ4n) is 3.55. The van der Waals surface area contributed by atoms with Crippen LogP contribution in [0.25, 0.3) is 0 Å². The van der Waals surface area contributed by atoms with Crippen LogP contribution in [0, 0.1) is 10.8 Å².